The average molecular weight is 339 g/mol. The summed E-state index contributed by atoms with van der Waals surface area (Å²) in [5.41, 5.74) is -0.367. The van der Waals surface area contributed by atoms with Crippen LogP contribution in [0.2, 0.25) is 4.34 Å². The zero-order chi connectivity index (χ0) is 14.9. The van der Waals surface area contributed by atoms with Crippen LogP contribution in [0.25, 0.3) is 0 Å². The van der Waals surface area contributed by atoms with E-state index in [9.17, 15) is 18.5 Å². The van der Waals surface area contributed by atoms with Gasteiger partial charge in [-0.15, -0.1) is 11.3 Å². The summed E-state index contributed by atoms with van der Waals surface area (Å²) in [5.74, 6) is 0.484. The van der Waals surface area contributed by atoms with Crippen molar-refractivity contribution >= 4 is 38.6 Å². The summed E-state index contributed by atoms with van der Waals surface area (Å²) in [6.45, 7) is 2.09. The number of sulfonamides is 1. The molecule has 112 valence electrons. The molecule has 6 nitrogen and oxygen atoms in total. The Bertz CT molecular complexity index is 614. The van der Waals surface area contributed by atoms with Crippen LogP contribution < -0.4 is 4.72 Å². The zero-order valence-electron chi connectivity index (χ0n) is 10.8. The monoisotopic (exact) mass is 338 g/mol. The Labute approximate surface area is 126 Å². The zero-order valence-corrected chi connectivity index (χ0v) is 13.2. The number of rotatable bonds is 4. The van der Waals surface area contributed by atoms with Crippen molar-refractivity contribution < 1.29 is 13.3 Å². The predicted molar refractivity (Wildman–Crippen MR) is 77.7 cm³/mol. The smallest absolute Gasteiger partial charge is 0.258 e. The molecule has 0 aromatic carbocycles. The maximum atomic E-state index is 12.2. The maximum Gasteiger partial charge on any atom is 0.300 e. The van der Waals surface area contributed by atoms with Gasteiger partial charge in [-0.3, -0.25) is 10.1 Å². The third-order valence-electron chi connectivity index (χ3n) is 3.37. The van der Waals surface area contributed by atoms with Crippen LogP contribution in [0.15, 0.2) is 10.3 Å². The third kappa shape index (κ3) is 3.49. The van der Waals surface area contributed by atoms with Crippen molar-refractivity contribution in [1.29, 1.82) is 0 Å². The highest BCUT2D eigenvalue weighted by molar-refractivity contribution is 7.91. The second kappa shape index (κ2) is 5.97. The maximum absolute atomic E-state index is 12.2. The topological polar surface area (TPSA) is 89.3 Å². The molecule has 1 N–H and O–H groups in total. The first kappa shape index (κ1) is 15.7. The van der Waals surface area contributed by atoms with Gasteiger partial charge >= 0.3 is 0 Å². The number of hydrogen-bond donors (Lipinski definition) is 1. The van der Waals surface area contributed by atoms with E-state index in [0.29, 0.717) is 17.3 Å². The number of nitrogens with one attached hydrogen (secondary N) is 1. The SMILES string of the molecule is CC1CCCC(NS(=O)(=O)c2cc([N+](=O)[O-])c(Cl)s2)C1. The molecule has 0 spiro atoms. The highest BCUT2D eigenvalue weighted by Gasteiger charge is 2.29. The van der Waals surface area contributed by atoms with Crippen LogP contribution in [-0.4, -0.2) is 19.4 Å². The minimum atomic E-state index is -3.74. The molecule has 20 heavy (non-hydrogen) atoms. The van der Waals surface area contributed by atoms with Crippen LogP contribution in [0.4, 0.5) is 5.69 Å². The van der Waals surface area contributed by atoms with Gasteiger partial charge < -0.3 is 0 Å². The highest BCUT2D eigenvalue weighted by Crippen LogP contribution is 2.36. The predicted octanol–water partition coefficient (Wildman–Crippen LogP) is 3.17. The quantitative estimate of drug-likeness (QED) is 0.674. The van der Waals surface area contributed by atoms with Crippen molar-refractivity contribution in [1.82, 2.24) is 4.72 Å². The molecule has 0 amide bonds. The number of hydrogen-bond acceptors (Lipinski definition) is 5. The van der Waals surface area contributed by atoms with Gasteiger partial charge in [-0.25, -0.2) is 13.1 Å². The van der Waals surface area contributed by atoms with E-state index in [2.05, 4.69) is 11.6 Å². The van der Waals surface area contributed by atoms with Crippen LogP contribution in [-0.2, 0) is 10.0 Å². The Balaban J connectivity index is 2.18. The van der Waals surface area contributed by atoms with E-state index < -0.39 is 14.9 Å². The first-order valence-electron chi connectivity index (χ1n) is 6.25. The van der Waals surface area contributed by atoms with Gasteiger partial charge in [0.25, 0.3) is 15.7 Å². The third-order valence-corrected chi connectivity index (χ3v) is 6.70. The summed E-state index contributed by atoms with van der Waals surface area (Å²) in [7, 11) is -3.74. The van der Waals surface area contributed by atoms with Crippen molar-refractivity contribution in [2.75, 3.05) is 0 Å². The van der Waals surface area contributed by atoms with Gasteiger partial charge in [-0.1, -0.05) is 31.4 Å². The molecule has 2 unspecified atom stereocenters. The molecule has 0 aliphatic heterocycles. The molecule has 2 atom stereocenters. The second-order valence-electron chi connectivity index (χ2n) is 5.07. The van der Waals surface area contributed by atoms with Crippen LogP contribution in [0.1, 0.15) is 32.6 Å². The summed E-state index contributed by atoms with van der Waals surface area (Å²) in [6, 6.07) is 0.908. The molecular formula is C11H15ClN2O4S2. The summed E-state index contributed by atoms with van der Waals surface area (Å²) in [5, 5.41) is 10.7. The Hall–Kier alpha value is -0.700. The Morgan fingerprint density at radius 3 is 2.75 bits per heavy atom. The summed E-state index contributed by atoms with van der Waals surface area (Å²) < 4.78 is 26.8. The molecule has 1 saturated carbocycles. The molecule has 0 radical (unpaired) electrons. The fourth-order valence-electron chi connectivity index (χ4n) is 2.41. The molecule has 2 rings (SSSR count). The van der Waals surface area contributed by atoms with Gasteiger partial charge in [0.1, 0.15) is 4.21 Å². The normalized spacial score (nSPS) is 23.7. The lowest BCUT2D eigenvalue weighted by Gasteiger charge is -2.26. The lowest BCUT2D eigenvalue weighted by Crippen LogP contribution is -2.37. The van der Waals surface area contributed by atoms with Crippen LogP contribution in [0.3, 0.4) is 0 Å². The fourth-order valence-corrected chi connectivity index (χ4v) is 5.38. The minimum absolute atomic E-state index is 0.104. The van der Waals surface area contributed by atoms with Crippen LogP contribution >= 0.6 is 22.9 Å². The van der Waals surface area contributed by atoms with Crippen LogP contribution in [0.5, 0.6) is 0 Å². The standard InChI is InChI=1S/C11H15ClN2O4S2/c1-7-3-2-4-8(5-7)13-20(17,18)10-6-9(14(15)16)11(12)19-10/h6-8,13H,2-5H2,1H3. The number of nitro groups is 1. The number of thiophene rings is 1. The number of halogens is 1. The summed E-state index contributed by atoms with van der Waals surface area (Å²) in [4.78, 5) is 10.0. The summed E-state index contributed by atoms with van der Waals surface area (Å²) >= 11 is 6.41. The van der Waals surface area contributed by atoms with Crippen molar-refractivity contribution in [3.8, 4) is 0 Å². The minimum Gasteiger partial charge on any atom is -0.258 e. The highest BCUT2D eigenvalue weighted by atomic mass is 35.5. The largest absolute Gasteiger partial charge is 0.300 e. The van der Waals surface area contributed by atoms with E-state index in [0.717, 1.165) is 31.7 Å². The molecule has 1 aromatic rings. The lowest BCUT2D eigenvalue weighted by atomic mass is 9.88. The van der Waals surface area contributed by atoms with E-state index in [4.69, 9.17) is 11.6 Å². The molecule has 1 aliphatic carbocycles. The van der Waals surface area contributed by atoms with E-state index >= 15 is 0 Å². The lowest BCUT2D eigenvalue weighted by molar-refractivity contribution is -0.384. The van der Waals surface area contributed by atoms with Crippen molar-refractivity contribution in [2.24, 2.45) is 5.92 Å². The number of nitrogens with zero attached hydrogens (tertiary/aromatic N) is 1. The van der Waals surface area contributed by atoms with E-state index in [1.54, 1.807) is 0 Å². The van der Waals surface area contributed by atoms with Crippen LogP contribution in [0, 0.1) is 16.0 Å². The van der Waals surface area contributed by atoms with Gasteiger partial charge in [0.15, 0.2) is 4.34 Å². The first-order valence-corrected chi connectivity index (χ1v) is 8.93. The second-order valence-corrected chi connectivity index (χ2v) is 8.67. The molecule has 0 bridgehead atoms. The first-order chi connectivity index (χ1) is 9.29. The van der Waals surface area contributed by atoms with Crippen molar-refractivity contribution in [2.45, 2.75) is 42.9 Å². The molecule has 0 saturated heterocycles. The van der Waals surface area contributed by atoms with Gasteiger partial charge in [0.2, 0.25) is 0 Å². The van der Waals surface area contributed by atoms with E-state index in [1.165, 1.54) is 0 Å². The molecule has 1 aliphatic rings. The van der Waals surface area contributed by atoms with Crippen molar-refractivity contribution in [3.05, 3.63) is 20.5 Å². The Kier molecular flexibility index (Phi) is 4.68. The Morgan fingerprint density at radius 1 is 1.50 bits per heavy atom. The van der Waals surface area contributed by atoms with E-state index in [1.807, 2.05) is 0 Å². The summed E-state index contributed by atoms with van der Waals surface area (Å²) in [6.07, 6.45) is 3.68. The van der Waals surface area contributed by atoms with Gasteiger partial charge in [-0.05, 0) is 18.8 Å². The Morgan fingerprint density at radius 2 is 2.20 bits per heavy atom. The van der Waals surface area contributed by atoms with Gasteiger partial charge in [-0.2, -0.15) is 0 Å². The fraction of sp³-hybridized carbons (Fsp3) is 0.636. The molecule has 1 heterocycles. The molecular weight excluding hydrogens is 324 g/mol. The average Bonchev–Trinajstić information content (AvgIpc) is 2.71. The van der Waals surface area contributed by atoms with Gasteiger partial charge in [0, 0.05) is 12.1 Å². The van der Waals surface area contributed by atoms with E-state index in [-0.39, 0.29) is 20.3 Å². The van der Waals surface area contributed by atoms with Crippen molar-refractivity contribution in [3.63, 3.8) is 0 Å². The molecule has 1 aromatic heterocycles. The molecule has 9 heteroatoms. The molecule has 1 fully saturated rings. The van der Waals surface area contributed by atoms with Gasteiger partial charge in [0.05, 0.1) is 4.92 Å².